The molecule has 0 aliphatic carbocycles. The molecule has 0 fully saturated rings. The molecule has 0 spiro atoms. The van der Waals surface area contributed by atoms with Crippen LogP contribution in [0.3, 0.4) is 0 Å². The van der Waals surface area contributed by atoms with E-state index in [9.17, 15) is 4.79 Å². The number of amides is 1. The van der Waals surface area contributed by atoms with Crippen molar-refractivity contribution in [3.05, 3.63) is 30.1 Å². The first-order valence-corrected chi connectivity index (χ1v) is 6.34. The van der Waals surface area contributed by atoms with Gasteiger partial charge in [0.15, 0.2) is 5.84 Å². The number of carbonyl (C=O) groups is 1. The molecule has 0 bridgehead atoms. The van der Waals surface area contributed by atoms with E-state index in [0.29, 0.717) is 19.4 Å². The number of oxime groups is 1. The summed E-state index contributed by atoms with van der Waals surface area (Å²) in [7, 11) is 0. The van der Waals surface area contributed by atoms with Crippen molar-refractivity contribution < 1.29 is 10.0 Å². The van der Waals surface area contributed by atoms with E-state index in [-0.39, 0.29) is 11.7 Å². The predicted octanol–water partition coefficient (Wildman–Crippen LogP) is 0.903. The Morgan fingerprint density at radius 1 is 1.58 bits per heavy atom. The highest BCUT2D eigenvalue weighted by molar-refractivity contribution is 6.02. The molecule has 1 heterocycles. The number of aromatic nitrogens is 1. The van der Waals surface area contributed by atoms with Crippen molar-refractivity contribution in [2.45, 2.75) is 26.2 Å². The molecule has 1 amide bonds. The van der Waals surface area contributed by atoms with Gasteiger partial charge in [0.25, 0.3) is 0 Å². The monoisotopic (exact) mass is 264 g/mol. The Morgan fingerprint density at radius 3 is 2.95 bits per heavy atom. The number of pyridine rings is 1. The Balaban J connectivity index is 2.44. The molecule has 0 radical (unpaired) electrons. The second kappa shape index (κ2) is 8.07. The summed E-state index contributed by atoms with van der Waals surface area (Å²) in [6.45, 7) is 2.42. The van der Waals surface area contributed by atoms with Crippen molar-refractivity contribution in [3.8, 4) is 0 Å². The molecule has 1 aromatic rings. The molecule has 1 atom stereocenters. The number of rotatable bonds is 7. The average molecular weight is 264 g/mol. The highest BCUT2D eigenvalue weighted by atomic mass is 16.4. The van der Waals surface area contributed by atoms with Crippen LogP contribution in [0.2, 0.25) is 0 Å². The molecule has 19 heavy (non-hydrogen) atoms. The van der Waals surface area contributed by atoms with Gasteiger partial charge in [-0.1, -0.05) is 24.6 Å². The smallest absolute Gasteiger partial charge is 0.230 e. The molecule has 1 unspecified atom stereocenters. The Bertz CT molecular complexity index is 420. The molecule has 0 aromatic carbocycles. The fourth-order valence-corrected chi connectivity index (χ4v) is 1.75. The third kappa shape index (κ3) is 4.95. The van der Waals surface area contributed by atoms with E-state index in [2.05, 4.69) is 15.5 Å². The van der Waals surface area contributed by atoms with Gasteiger partial charge in [0, 0.05) is 24.9 Å². The van der Waals surface area contributed by atoms with Crippen LogP contribution in [0, 0.1) is 5.92 Å². The molecule has 1 aromatic heterocycles. The van der Waals surface area contributed by atoms with Crippen molar-refractivity contribution in [3.63, 3.8) is 0 Å². The van der Waals surface area contributed by atoms with Crippen molar-refractivity contribution >= 4 is 11.7 Å². The van der Waals surface area contributed by atoms with Crippen molar-refractivity contribution in [1.29, 1.82) is 0 Å². The zero-order chi connectivity index (χ0) is 14.1. The van der Waals surface area contributed by atoms with E-state index in [1.165, 1.54) is 0 Å². The zero-order valence-electron chi connectivity index (χ0n) is 11.0. The molecule has 4 N–H and O–H groups in total. The summed E-state index contributed by atoms with van der Waals surface area (Å²) in [4.78, 5) is 16.1. The quantitative estimate of drug-likeness (QED) is 0.295. The van der Waals surface area contributed by atoms with Crippen molar-refractivity contribution in [2.75, 3.05) is 6.54 Å². The number of amidine groups is 1. The number of carbonyl (C=O) groups excluding carboxylic acids is 1. The highest BCUT2D eigenvalue weighted by Gasteiger charge is 2.21. The Hall–Kier alpha value is -2.11. The summed E-state index contributed by atoms with van der Waals surface area (Å²) in [5.74, 6) is -0.830. The number of hydrogen-bond acceptors (Lipinski definition) is 4. The highest BCUT2D eigenvalue weighted by Crippen LogP contribution is 2.06. The van der Waals surface area contributed by atoms with Crippen LogP contribution in [-0.2, 0) is 11.2 Å². The molecule has 0 saturated heterocycles. The van der Waals surface area contributed by atoms with E-state index in [1.54, 1.807) is 6.20 Å². The van der Waals surface area contributed by atoms with Crippen LogP contribution in [0.5, 0.6) is 0 Å². The third-order valence-electron chi connectivity index (χ3n) is 2.77. The molecule has 1 rings (SSSR count). The maximum Gasteiger partial charge on any atom is 0.230 e. The lowest BCUT2D eigenvalue weighted by atomic mass is 10.0. The van der Waals surface area contributed by atoms with E-state index in [0.717, 1.165) is 12.1 Å². The molecule has 0 saturated carbocycles. The minimum atomic E-state index is -0.571. The SMILES string of the molecule is CCCC(C(=O)NCCc1ccccn1)C(N)=NO. The predicted molar refractivity (Wildman–Crippen MR) is 72.8 cm³/mol. The standard InChI is InChI=1S/C13H20N4O2/c1-2-5-11(12(14)17-19)13(18)16-9-7-10-6-3-4-8-15-10/h3-4,6,8,11,19H,2,5,7,9H2,1H3,(H2,14,17)(H,16,18). The van der Waals surface area contributed by atoms with Gasteiger partial charge < -0.3 is 16.3 Å². The summed E-state index contributed by atoms with van der Waals surface area (Å²) in [5, 5.41) is 14.4. The number of nitrogens with two attached hydrogens (primary N) is 1. The van der Waals surface area contributed by atoms with Gasteiger partial charge in [0.05, 0.1) is 5.92 Å². The van der Waals surface area contributed by atoms with Gasteiger partial charge in [-0.05, 0) is 18.6 Å². The zero-order valence-corrected chi connectivity index (χ0v) is 11.0. The Labute approximate surface area is 112 Å². The number of nitrogens with one attached hydrogen (secondary N) is 1. The van der Waals surface area contributed by atoms with Gasteiger partial charge in [-0.15, -0.1) is 0 Å². The fraction of sp³-hybridized carbons (Fsp3) is 0.462. The molecule has 6 heteroatoms. The van der Waals surface area contributed by atoms with Crippen LogP contribution in [0.1, 0.15) is 25.5 Å². The van der Waals surface area contributed by atoms with E-state index < -0.39 is 5.92 Å². The topological polar surface area (TPSA) is 101 Å². The van der Waals surface area contributed by atoms with E-state index in [4.69, 9.17) is 10.9 Å². The number of nitrogens with zero attached hydrogens (tertiary/aromatic N) is 2. The van der Waals surface area contributed by atoms with Crippen molar-refractivity contribution in [2.24, 2.45) is 16.8 Å². The van der Waals surface area contributed by atoms with Crippen LogP contribution in [0.15, 0.2) is 29.6 Å². The molecular formula is C13H20N4O2. The lowest BCUT2D eigenvalue weighted by Gasteiger charge is -2.14. The van der Waals surface area contributed by atoms with Crippen LogP contribution in [0.25, 0.3) is 0 Å². The van der Waals surface area contributed by atoms with E-state index >= 15 is 0 Å². The third-order valence-corrected chi connectivity index (χ3v) is 2.77. The van der Waals surface area contributed by atoms with Gasteiger partial charge >= 0.3 is 0 Å². The van der Waals surface area contributed by atoms with Crippen LogP contribution in [-0.4, -0.2) is 28.5 Å². The van der Waals surface area contributed by atoms with Crippen LogP contribution in [0.4, 0.5) is 0 Å². The first-order valence-electron chi connectivity index (χ1n) is 6.34. The summed E-state index contributed by atoms with van der Waals surface area (Å²) >= 11 is 0. The average Bonchev–Trinajstić information content (AvgIpc) is 2.45. The largest absolute Gasteiger partial charge is 0.409 e. The summed E-state index contributed by atoms with van der Waals surface area (Å²) in [6.07, 6.45) is 3.72. The summed E-state index contributed by atoms with van der Waals surface area (Å²) in [6, 6.07) is 5.65. The van der Waals surface area contributed by atoms with E-state index in [1.807, 2.05) is 25.1 Å². The van der Waals surface area contributed by atoms with Gasteiger partial charge in [-0.3, -0.25) is 9.78 Å². The van der Waals surface area contributed by atoms with Crippen LogP contribution < -0.4 is 11.1 Å². The number of hydrogen-bond donors (Lipinski definition) is 3. The minimum absolute atomic E-state index is 0.0443. The Morgan fingerprint density at radius 2 is 2.37 bits per heavy atom. The second-order valence-corrected chi connectivity index (χ2v) is 4.23. The first-order chi connectivity index (χ1) is 9.19. The maximum absolute atomic E-state index is 11.9. The fourth-order valence-electron chi connectivity index (χ4n) is 1.75. The lowest BCUT2D eigenvalue weighted by molar-refractivity contribution is -0.123. The molecule has 104 valence electrons. The van der Waals surface area contributed by atoms with Crippen molar-refractivity contribution in [1.82, 2.24) is 10.3 Å². The van der Waals surface area contributed by atoms with Gasteiger partial charge in [-0.2, -0.15) is 0 Å². The van der Waals surface area contributed by atoms with Gasteiger partial charge in [0.1, 0.15) is 0 Å². The van der Waals surface area contributed by atoms with Crippen LogP contribution >= 0.6 is 0 Å². The summed E-state index contributed by atoms with van der Waals surface area (Å²) in [5.41, 5.74) is 6.43. The molecular weight excluding hydrogens is 244 g/mol. The Kier molecular flexibility index (Phi) is 6.35. The van der Waals surface area contributed by atoms with Gasteiger partial charge in [-0.25, -0.2) is 0 Å². The minimum Gasteiger partial charge on any atom is -0.409 e. The molecule has 0 aliphatic rings. The lowest BCUT2D eigenvalue weighted by Crippen LogP contribution is -2.39. The molecule has 0 aliphatic heterocycles. The first kappa shape index (κ1) is 14.9. The normalized spacial score (nSPS) is 13.0. The molecule has 6 nitrogen and oxygen atoms in total. The van der Waals surface area contributed by atoms with Gasteiger partial charge in [0.2, 0.25) is 5.91 Å². The maximum atomic E-state index is 11.9. The second-order valence-electron chi connectivity index (χ2n) is 4.23. The summed E-state index contributed by atoms with van der Waals surface area (Å²) < 4.78 is 0.